The minimum absolute atomic E-state index is 0.0696. The number of carbonyl (C=O) groups excluding carboxylic acids is 2. The normalized spacial score (nSPS) is 24.0. The first-order valence-electron chi connectivity index (χ1n) is 9.65. The number of nitrogens with zero attached hydrogens (tertiary/aromatic N) is 2. The molecule has 1 aliphatic carbocycles. The van der Waals surface area contributed by atoms with Gasteiger partial charge in [0, 0.05) is 31.1 Å². The zero-order valence-electron chi connectivity index (χ0n) is 16.7. The molecule has 3 N–H and O–H groups in total. The lowest BCUT2D eigenvalue weighted by Crippen LogP contribution is -2.44. The summed E-state index contributed by atoms with van der Waals surface area (Å²) in [5.74, 6) is -0.931. The molecule has 0 saturated heterocycles. The maximum Gasteiger partial charge on any atom is 0.336 e. The largest absolute Gasteiger partial charge is 0.463 e. The topological polar surface area (TPSA) is 120 Å². The number of fused-ring (bicyclic) bond motifs is 1. The summed E-state index contributed by atoms with van der Waals surface area (Å²) in [6.45, 7) is 6.94. The van der Waals surface area contributed by atoms with E-state index in [1.807, 2.05) is 0 Å². The number of hydrogen-bond donors (Lipinski definition) is 2. The summed E-state index contributed by atoms with van der Waals surface area (Å²) < 4.78 is 10.9. The summed E-state index contributed by atoms with van der Waals surface area (Å²) in [6.07, 6.45) is 4.41. The maximum atomic E-state index is 13.1. The number of aromatic nitrogens is 2. The Morgan fingerprint density at radius 3 is 2.79 bits per heavy atom. The Balaban J connectivity index is 2.13. The van der Waals surface area contributed by atoms with Gasteiger partial charge in [0.05, 0.1) is 42.9 Å². The number of ketones is 1. The van der Waals surface area contributed by atoms with Crippen molar-refractivity contribution in [3.8, 4) is 0 Å². The van der Waals surface area contributed by atoms with Crippen LogP contribution >= 0.6 is 0 Å². The second-order valence-corrected chi connectivity index (χ2v) is 7.94. The monoisotopic (exact) mass is 388 g/mol. The van der Waals surface area contributed by atoms with Crippen LogP contribution in [0.1, 0.15) is 45.4 Å². The first kappa shape index (κ1) is 20.4. The van der Waals surface area contributed by atoms with Crippen LogP contribution < -0.4 is 5.73 Å². The molecule has 1 saturated carbocycles. The molecule has 8 heteroatoms. The number of ether oxygens (including phenoxy) is 2. The molecule has 28 heavy (non-hydrogen) atoms. The van der Waals surface area contributed by atoms with Crippen molar-refractivity contribution < 1.29 is 19.1 Å². The van der Waals surface area contributed by atoms with Gasteiger partial charge in [0.1, 0.15) is 11.6 Å². The highest BCUT2D eigenvalue weighted by Crippen LogP contribution is 2.46. The molecule has 2 atom stereocenters. The molecule has 0 spiro atoms. The first-order chi connectivity index (χ1) is 13.4. The lowest BCUT2D eigenvalue weighted by molar-refractivity contribution is -0.139. The molecular weight excluding hydrogens is 360 g/mol. The Labute approximate surface area is 164 Å². The van der Waals surface area contributed by atoms with Gasteiger partial charge < -0.3 is 20.2 Å². The number of hydrogen-bond acceptors (Lipinski definition) is 7. The van der Waals surface area contributed by atoms with Crippen LogP contribution in [0.5, 0.6) is 0 Å². The molecule has 0 amide bonds. The maximum absolute atomic E-state index is 13.1. The van der Waals surface area contributed by atoms with Crippen molar-refractivity contribution in [2.75, 3.05) is 26.4 Å². The van der Waals surface area contributed by atoms with Gasteiger partial charge in [0.2, 0.25) is 0 Å². The third kappa shape index (κ3) is 4.07. The molecular formula is C20H28N4O4. The van der Waals surface area contributed by atoms with Crippen LogP contribution in [-0.4, -0.2) is 53.8 Å². The zero-order valence-corrected chi connectivity index (χ0v) is 16.7. The molecule has 0 radical (unpaired) electrons. The number of aliphatic imine (C=N–C) groups is 1. The Morgan fingerprint density at radius 1 is 1.36 bits per heavy atom. The molecule has 152 valence electrons. The van der Waals surface area contributed by atoms with Crippen LogP contribution in [0.25, 0.3) is 0 Å². The summed E-state index contributed by atoms with van der Waals surface area (Å²) in [5.41, 5.74) is 6.96. The summed E-state index contributed by atoms with van der Waals surface area (Å²) >= 11 is 0. The molecule has 1 aromatic heterocycles. The van der Waals surface area contributed by atoms with Gasteiger partial charge in [-0.15, -0.1) is 0 Å². The van der Waals surface area contributed by atoms with E-state index in [2.05, 4.69) is 23.8 Å². The Hall–Kier alpha value is -2.32. The average Bonchev–Trinajstić information content (AvgIpc) is 3.14. The zero-order chi connectivity index (χ0) is 20.3. The fourth-order valence-corrected chi connectivity index (χ4v) is 4.06. The van der Waals surface area contributed by atoms with Crippen molar-refractivity contribution in [1.29, 1.82) is 0 Å². The van der Waals surface area contributed by atoms with Crippen molar-refractivity contribution in [2.45, 2.75) is 39.5 Å². The highest BCUT2D eigenvalue weighted by molar-refractivity contribution is 6.12. The van der Waals surface area contributed by atoms with Crippen LogP contribution in [0.15, 0.2) is 28.7 Å². The predicted octanol–water partition coefficient (Wildman–Crippen LogP) is 1.75. The van der Waals surface area contributed by atoms with Crippen molar-refractivity contribution >= 4 is 17.5 Å². The molecule has 3 rings (SSSR count). The number of H-pyrrole nitrogens is 1. The van der Waals surface area contributed by atoms with E-state index in [0.29, 0.717) is 43.1 Å². The SMILES string of the molecule is CCOC(=O)C1=C(COCCN)N=C2CC(C)(C)CC(=O)C2C1c1ncc[nH]1. The molecule has 8 nitrogen and oxygen atoms in total. The van der Waals surface area contributed by atoms with Gasteiger partial charge in [-0.2, -0.15) is 0 Å². The quantitative estimate of drug-likeness (QED) is 0.542. The summed E-state index contributed by atoms with van der Waals surface area (Å²) in [5, 5.41) is 0. The fraction of sp³-hybridized carbons (Fsp3) is 0.600. The van der Waals surface area contributed by atoms with Gasteiger partial charge in [-0.25, -0.2) is 9.78 Å². The van der Waals surface area contributed by atoms with E-state index in [4.69, 9.17) is 20.2 Å². The van der Waals surface area contributed by atoms with Gasteiger partial charge in [-0.1, -0.05) is 13.8 Å². The smallest absolute Gasteiger partial charge is 0.336 e. The van der Waals surface area contributed by atoms with Gasteiger partial charge >= 0.3 is 5.97 Å². The second kappa shape index (κ2) is 8.36. The third-order valence-electron chi connectivity index (χ3n) is 5.06. The molecule has 2 unspecified atom stereocenters. The van der Waals surface area contributed by atoms with Crippen molar-refractivity contribution in [1.82, 2.24) is 9.97 Å². The van der Waals surface area contributed by atoms with Crippen molar-refractivity contribution in [3.63, 3.8) is 0 Å². The highest BCUT2D eigenvalue weighted by atomic mass is 16.5. The number of carbonyl (C=O) groups is 2. The standard InChI is InChI=1S/C20H28N4O4/c1-4-28-19(26)16-13(11-27-8-5-21)24-12-9-20(2,3)10-14(25)15(12)17(16)18-22-6-7-23-18/h6-7,15,17H,4-5,8-11,21H2,1-3H3,(H,22,23). The van der Waals surface area contributed by atoms with E-state index in [1.165, 1.54) is 0 Å². The van der Waals surface area contributed by atoms with E-state index in [1.54, 1.807) is 19.3 Å². The van der Waals surface area contributed by atoms with E-state index < -0.39 is 17.8 Å². The van der Waals surface area contributed by atoms with Crippen LogP contribution in [0.3, 0.4) is 0 Å². The lowest BCUT2D eigenvalue weighted by atomic mass is 9.64. The molecule has 2 aliphatic rings. The Bertz CT molecular complexity index is 795. The average molecular weight is 388 g/mol. The van der Waals surface area contributed by atoms with E-state index in [0.717, 1.165) is 5.71 Å². The van der Waals surface area contributed by atoms with E-state index in [9.17, 15) is 9.59 Å². The van der Waals surface area contributed by atoms with Gasteiger partial charge in [0.15, 0.2) is 0 Å². The summed E-state index contributed by atoms with van der Waals surface area (Å²) in [6, 6.07) is 0. The van der Waals surface area contributed by atoms with Crippen molar-refractivity contribution in [2.24, 2.45) is 22.1 Å². The van der Waals surface area contributed by atoms with E-state index >= 15 is 0 Å². The second-order valence-electron chi connectivity index (χ2n) is 7.94. The van der Waals surface area contributed by atoms with Crippen LogP contribution in [0, 0.1) is 11.3 Å². The highest BCUT2D eigenvalue weighted by Gasteiger charge is 2.49. The Morgan fingerprint density at radius 2 is 2.14 bits per heavy atom. The minimum Gasteiger partial charge on any atom is -0.463 e. The molecule has 0 aromatic carbocycles. The van der Waals surface area contributed by atoms with Gasteiger partial charge in [0.25, 0.3) is 0 Å². The molecule has 1 fully saturated rings. The summed E-state index contributed by atoms with van der Waals surface area (Å²) in [4.78, 5) is 38.1. The van der Waals surface area contributed by atoms with Crippen molar-refractivity contribution in [3.05, 3.63) is 29.5 Å². The number of esters is 1. The Kier molecular flexibility index (Phi) is 6.10. The summed E-state index contributed by atoms with van der Waals surface area (Å²) in [7, 11) is 0. The number of nitrogens with two attached hydrogens (primary N) is 1. The molecule has 1 aliphatic heterocycles. The van der Waals surface area contributed by atoms with Crippen LogP contribution in [0.4, 0.5) is 0 Å². The predicted molar refractivity (Wildman–Crippen MR) is 104 cm³/mol. The number of aromatic amines is 1. The van der Waals surface area contributed by atoms with Gasteiger partial charge in [-0.05, 0) is 18.8 Å². The number of imidazole rings is 1. The van der Waals surface area contributed by atoms with Gasteiger partial charge in [-0.3, -0.25) is 9.79 Å². The molecule has 0 bridgehead atoms. The number of Topliss-reactive ketones (excluding diaryl/α,β-unsaturated/α-hetero) is 1. The molecule has 2 heterocycles. The number of nitrogens with one attached hydrogen (secondary N) is 1. The first-order valence-corrected chi connectivity index (χ1v) is 9.65. The van der Waals surface area contributed by atoms with Crippen LogP contribution in [-0.2, 0) is 19.1 Å². The third-order valence-corrected chi connectivity index (χ3v) is 5.06. The molecule has 1 aromatic rings. The minimum atomic E-state index is -0.554. The fourth-order valence-electron chi connectivity index (χ4n) is 4.06. The van der Waals surface area contributed by atoms with E-state index in [-0.39, 0.29) is 24.4 Å². The number of rotatable bonds is 7. The van der Waals surface area contributed by atoms with Crippen LogP contribution in [0.2, 0.25) is 0 Å². The lowest BCUT2D eigenvalue weighted by Gasteiger charge is -2.40.